The van der Waals surface area contributed by atoms with Crippen molar-refractivity contribution in [2.45, 2.75) is 19.3 Å². The van der Waals surface area contributed by atoms with Gasteiger partial charge in [0.15, 0.2) is 0 Å². The molecule has 1 aliphatic rings. The molecule has 0 radical (unpaired) electrons. The summed E-state index contributed by atoms with van der Waals surface area (Å²) in [4.78, 5) is 2.47. The fourth-order valence-corrected chi connectivity index (χ4v) is 10.3. The van der Waals surface area contributed by atoms with E-state index in [0.29, 0.717) is 0 Å². The first-order valence-corrected chi connectivity index (χ1v) is 22.5. The van der Waals surface area contributed by atoms with Crippen molar-refractivity contribution < 1.29 is 4.42 Å². The van der Waals surface area contributed by atoms with E-state index in [-0.39, 0.29) is 5.41 Å². The summed E-state index contributed by atoms with van der Waals surface area (Å²) in [7, 11) is 0. The molecule has 0 N–H and O–H groups in total. The Morgan fingerprint density at radius 2 is 0.862 bits per heavy atom. The summed E-state index contributed by atoms with van der Waals surface area (Å²) in [5, 5.41) is 2.26. The molecule has 11 aromatic rings. The van der Waals surface area contributed by atoms with Gasteiger partial charge >= 0.3 is 0 Å². The summed E-state index contributed by atoms with van der Waals surface area (Å²) in [5.74, 6) is 0. The van der Waals surface area contributed by atoms with E-state index in [1.54, 1.807) is 0 Å². The van der Waals surface area contributed by atoms with Crippen molar-refractivity contribution in [2.24, 2.45) is 0 Å². The summed E-state index contributed by atoms with van der Waals surface area (Å²) in [6.07, 6.45) is 0. The summed E-state index contributed by atoms with van der Waals surface area (Å²) in [6.45, 7) is 4.72. The molecule has 0 amide bonds. The highest BCUT2D eigenvalue weighted by Gasteiger charge is 2.36. The van der Waals surface area contributed by atoms with Crippen LogP contribution in [0.3, 0.4) is 0 Å². The molecule has 12 rings (SSSR count). The highest BCUT2D eigenvalue weighted by atomic mass is 16.3. The molecule has 2 nitrogen and oxygen atoms in total. The van der Waals surface area contributed by atoms with Crippen molar-refractivity contribution in [2.75, 3.05) is 4.90 Å². The van der Waals surface area contributed by atoms with Gasteiger partial charge in [0.2, 0.25) is 0 Å². The third kappa shape index (κ3) is 6.57. The van der Waals surface area contributed by atoms with E-state index < -0.39 is 0 Å². The predicted molar refractivity (Wildman–Crippen MR) is 273 cm³/mol. The highest BCUT2D eigenvalue weighted by molar-refractivity contribution is 6.09. The van der Waals surface area contributed by atoms with Crippen LogP contribution in [0, 0.1) is 0 Å². The zero-order chi connectivity index (χ0) is 43.5. The molecule has 0 aliphatic heterocycles. The van der Waals surface area contributed by atoms with Crippen LogP contribution in [0.25, 0.3) is 88.7 Å². The standard InChI is InChI=1S/C63H45NO/c1-63(2)57-27-11-9-22-53(57)54-39-38-50(41-58(54)63)64(49-36-34-46(35-37-49)52-25-14-26-56-55-23-10-12-29-60(55)65-62(52)56)59-28-15-24-51(45-32-30-44(31-33-45)42-16-5-3-6-17-42)61(59)48-21-13-20-47(40-48)43-18-7-4-8-19-43/h3-41H,1-2H3. The normalized spacial score (nSPS) is 12.6. The fourth-order valence-electron chi connectivity index (χ4n) is 10.3. The van der Waals surface area contributed by atoms with Gasteiger partial charge in [-0.2, -0.15) is 0 Å². The Morgan fingerprint density at radius 3 is 1.66 bits per heavy atom. The first-order chi connectivity index (χ1) is 32.0. The van der Waals surface area contributed by atoms with Gasteiger partial charge in [-0.15, -0.1) is 0 Å². The highest BCUT2D eigenvalue weighted by Crippen LogP contribution is 2.52. The molecule has 0 unspecified atom stereocenters. The van der Waals surface area contributed by atoms with Crippen LogP contribution >= 0.6 is 0 Å². The molecule has 0 bridgehead atoms. The lowest BCUT2D eigenvalue weighted by Crippen LogP contribution is -2.17. The van der Waals surface area contributed by atoms with Gasteiger partial charge in [0.25, 0.3) is 0 Å². The molecule has 1 aromatic heterocycles. The third-order valence-electron chi connectivity index (χ3n) is 13.5. The van der Waals surface area contributed by atoms with Crippen molar-refractivity contribution in [3.05, 3.63) is 248 Å². The molecule has 65 heavy (non-hydrogen) atoms. The van der Waals surface area contributed by atoms with E-state index in [1.807, 2.05) is 6.07 Å². The Hall–Kier alpha value is -8.20. The number of hydrogen-bond donors (Lipinski definition) is 0. The molecule has 2 heteroatoms. The monoisotopic (exact) mass is 831 g/mol. The lowest BCUT2D eigenvalue weighted by atomic mass is 9.82. The molecule has 0 spiro atoms. The number of nitrogens with zero attached hydrogens (tertiary/aromatic N) is 1. The van der Waals surface area contributed by atoms with Gasteiger partial charge in [-0.05, 0) is 109 Å². The van der Waals surface area contributed by atoms with Gasteiger partial charge in [-0.1, -0.05) is 208 Å². The number of fused-ring (bicyclic) bond motifs is 6. The van der Waals surface area contributed by atoms with Crippen molar-refractivity contribution in [3.8, 4) is 66.8 Å². The Labute approximate surface area is 380 Å². The minimum Gasteiger partial charge on any atom is -0.455 e. The van der Waals surface area contributed by atoms with Crippen LogP contribution in [0.2, 0.25) is 0 Å². The van der Waals surface area contributed by atoms with Crippen LogP contribution in [-0.4, -0.2) is 0 Å². The fraction of sp³-hybridized carbons (Fsp3) is 0.0476. The van der Waals surface area contributed by atoms with Crippen LogP contribution < -0.4 is 4.90 Å². The average molecular weight is 832 g/mol. The van der Waals surface area contributed by atoms with Gasteiger partial charge in [0.05, 0.1) is 5.69 Å². The van der Waals surface area contributed by atoms with Gasteiger partial charge < -0.3 is 9.32 Å². The maximum Gasteiger partial charge on any atom is 0.143 e. The lowest BCUT2D eigenvalue weighted by molar-refractivity contribution is 0.660. The van der Waals surface area contributed by atoms with Gasteiger partial charge in [0, 0.05) is 38.7 Å². The summed E-state index contributed by atoms with van der Waals surface area (Å²) < 4.78 is 6.53. The Morgan fingerprint density at radius 1 is 0.338 bits per heavy atom. The molecular formula is C63H45NO. The Balaban J connectivity index is 1.07. The maximum atomic E-state index is 6.53. The minimum absolute atomic E-state index is 0.169. The van der Waals surface area contributed by atoms with Crippen LogP contribution in [0.5, 0.6) is 0 Å². The van der Waals surface area contributed by atoms with E-state index in [4.69, 9.17) is 4.42 Å². The second-order valence-electron chi connectivity index (χ2n) is 17.7. The zero-order valence-corrected chi connectivity index (χ0v) is 36.4. The molecule has 308 valence electrons. The van der Waals surface area contributed by atoms with E-state index in [2.05, 4.69) is 249 Å². The molecule has 0 fully saturated rings. The second kappa shape index (κ2) is 15.6. The molecule has 1 aliphatic carbocycles. The number of benzene rings is 10. The Kier molecular flexibility index (Phi) is 9.21. The topological polar surface area (TPSA) is 16.4 Å². The number of anilines is 3. The van der Waals surface area contributed by atoms with Crippen LogP contribution in [0.15, 0.2) is 241 Å². The average Bonchev–Trinajstić information content (AvgIpc) is 3.86. The molecule has 10 aromatic carbocycles. The van der Waals surface area contributed by atoms with E-state index in [9.17, 15) is 0 Å². The summed E-state index contributed by atoms with van der Waals surface area (Å²) in [5.41, 5.74) is 21.8. The smallest absolute Gasteiger partial charge is 0.143 e. The molecule has 0 atom stereocenters. The number of para-hydroxylation sites is 2. The number of rotatable bonds is 8. The van der Waals surface area contributed by atoms with Crippen LogP contribution in [-0.2, 0) is 5.41 Å². The van der Waals surface area contributed by atoms with E-state index in [0.717, 1.165) is 66.8 Å². The Bertz CT molecular complexity index is 3540. The van der Waals surface area contributed by atoms with Crippen molar-refractivity contribution in [1.29, 1.82) is 0 Å². The lowest BCUT2D eigenvalue weighted by Gasteiger charge is -2.31. The van der Waals surface area contributed by atoms with Crippen molar-refractivity contribution in [3.63, 3.8) is 0 Å². The van der Waals surface area contributed by atoms with Gasteiger partial charge in [-0.25, -0.2) is 0 Å². The van der Waals surface area contributed by atoms with E-state index in [1.165, 1.54) is 50.1 Å². The largest absolute Gasteiger partial charge is 0.455 e. The number of furan rings is 1. The molecular weight excluding hydrogens is 787 g/mol. The van der Waals surface area contributed by atoms with Crippen molar-refractivity contribution >= 4 is 39.0 Å². The predicted octanol–water partition coefficient (Wildman–Crippen LogP) is 17.7. The van der Waals surface area contributed by atoms with Crippen LogP contribution in [0.4, 0.5) is 17.1 Å². The van der Waals surface area contributed by atoms with Gasteiger partial charge in [0.1, 0.15) is 11.2 Å². The molecule has 1 heterocycles. The van der Waals surface area contributed by atoms with E-state index >= 15 is 0 Å². The minimum atomic E-state index is -0.169. The first-order valence-electron chi connectivity index (χ1n) is 22.5. The zero-order valence-electron chi connectivity index (χ0n) is 36.4. The van der Waals surface area contributed by atoms with Crippen molar-refractivity contribution in [1.82, 2.24) is 0 Å². The molecule has 0 saturated heterocycles. The van der Waals surface area contributed by atoms with Gasteiger partial charge in [-0.3, -0.25) is 0 Å². The van der Waals surface area contributed by atoms with Crippen LogP contribution in [0.1, 0.15) is 25.0 Å². The third-order valence-corrected chi connectivity index (χ3v) is 13.5. The summed E-state index contributed by atoms with van der Waals surface area (Å²) >= 11 is 0. The SMILES string of the molecule is CC1(C)c2ccccc2-c2ccc(N(c3ccc(-c4cccc5c4oc4ccccc45)cc3)c3cccc(-c4ccc(-c5ccccc5)cc4)c3-c3cccc(-c4ccccc4)c3)cc21. The molecule has 0 saturated carbocycles. The quantitative estimate of drug-likeness (QED) is 0.152. The summed E-state index contributed by atoms with van der Waals surface area (Å²) in [6, 6.07) is 86.0. The second-order valence-corrected chi connectivity index (χ2v) is 17.7. The number of hydrogen-bond acceptors (Lipinski definition) is 2. The first kappa shape index (κ1) is 38.5. The maximum absolute atomic E-state index is 6.53.